The molecule has 0 bridgehead atoms. The van der Waals surface area contributed by atoms with Crippen molar-refractivity contribution in [2.24, 2.45) is 5.92 Å². The van der Waals surface area contributed by atoms with Crippen LogP contribution in [0.1, 0.15) is 10.6 Å². The van der Waals surface area contributed by atoms with Gasteiger partial charge in [0, 0.05) is 29.7 Å². The van der Waals surface area contributed by atoms with E-state index in [0.29, 0.717) is 28.7 Å². The minimum atomic E-state index is -0.345. The summed E-state index contributed by atoms with van der Waals surface area (Å²) in [5, 5.41) is 22.3. The van der Waals surface area contributed by atoms with Gasteiger partial charge >= 0.3 is 0 Å². The van der Waals surface area contributed by atoms with Crippen LogP contribution in [0.2, 0.25) is 5.02 Å². The molecule has 0 aliphatic rings. The number of nitrogens with zero attached hydrogens (tertiary/aromatic N) is 2. The molecule has 20 heavy (non-hydrogen) atoms. The van der Waals surface area contributed by atoms with Gasteiger partial charge in [0.05, 0.1) is 0 Å². The van der Waals surface area contributed by atoms with Gasteiger partial charge in [-0.2, -0.15) is 0 Å². The highest BCUT2D eigenvalue weighted by Crippen LogP contribution is 2.23. The van der Waals surface area contributed by atoms with E-state index in [1.807, 2.05) is 6.92 Å². The average molecular weight is 316 g/mol. The van der Waals surface area contributed by atoms with Crippen LogP contribution in [0.5, 0.6) is 0 Å². The van der Waals surface area contributed by atoms with Crippen molar-refractivity contribution >= 4 is 28.1 Å². The van der Waals surface area contributed by atoms with Crippen LogP contribution in [0.3, 0.4) is 0 Å². The van der Waals surface area contributed by atoms with E-state index in [1.165, 1.54) is 17.4 Å². The molecule has 2 aromatic rings. The Balaban J connectivity index is 1.98. The standard InChI is InChI=1S/C13H15ClFN3OS/c1-8-17-18-13(20-8)16-6-9(7-19)5-10-11(14)3-2-4-12(10)15/h2-4,9,19H,5-7H2,1H3,(H,16,18)/t9-/m0/s1. The first-order valence-corrected chi connectivity index (χ1v) is 7.37. The van der Waals surface area contributed by atoms with Crippen LogP contribution in [0.15, 0.2) is 18.2 Å². The summed E-state index contributed by atoms with van der Waals surface area (Å²) in [4.78, 5) is 0. The van der Waals surface area contributed by atoms with Crippen molar-refractivity contribution in [3.8, 4) is 0 Å². The summed E-state index contributed by atoms with van der Waals surface area (Å²) in [5.74, 6) is -0.490. The zero-order valence-corrected chi connectivity index (χ0v) is 12.5. The minimum absolute atomic E-state index is 0.0601. The van der Waals surface area contributed by atoms with Crippen molar-refractivity contribution in [3.63, 3.8) is 0 Å². The normalized spacial score (nSPS) is 12.4. The van der Waals surface area contributed by atoms with E-state index in [1.54, 1.807) is 12.1 Å². The van der Waals surface area contributed by atoms with Crippen molar-refractivity contribution in [2.45, 2.75) is 13.3 Å². The Hall–Kier alpha value is -1.24. The van der Waals surface area contributed by atoms with E-state index < -0.39 is 0 Å². The number of nitrogens with one attached hydrogen (secondary N) is 1. The largest absolute Gasteiger partial charge is 0.396 e. The third kappa shape index (κ3) is 3.88. The van der Waals surface area contributed by atoms with Crippen molar-refractivity contribution in [2.75, 3.05) is 18.5 Å². The number of benzene rings is 1. The molecule has 1 aromatic carbocycles. The van der Waals surface area contributed by atoms with Crippen LogP contribution >= 0.6 is 22.9 Å². The Labute approximate surface area is 125 Å². The van der Waals surface area contributed by atoms with Gasteiger partial charge in [0.15, 0.2) is 0 Å². The van der Waals surface area contributed by atoms with E-state index in [-0.39, 0.29) is 18.3 Å². The number of halogens is 2. The molecule has 7 heteroatoms. The van der Waals surface area contributed by atoms with Gasteiger partial charge in [0.2, 0.25) is 5.13 Å². The summed E-state index contributed by atoms with van der Waals surface area (Å²) in [6, 6.07) is 4.59. The molecule has 1 atom stereocenters. The van der Waals surface area contributed by atoms with E-state index in [2.05, 4.69) is 15.5 Å². The Morgan fingerprint density at radius 3 is 2.85 bits per heavy atom. The van der Waals surface area contributed by atoms with E-state index in [9.17, 15) is 9.50 Å². The maximum atomic E-state index is 13.7. The Kier molecular flexibility index (Phi) is 5.28. The van der Waals surface area contributed by atoms with E-state index in [0.717, 1.165) is 5.01 Å². The molecule has 1 aromatic heterocycles. The molecule has 0 saturated heterocycles. The number of aliphatic hydroxyl groups excluding tert-OH is 1. The highest BCUT2D eigenvalue weighted by molar-refractivity contribution is 7.15. The first kappa shape index (κ1) is 15.2. The van der Waals surface area contributed by atoms with Gasteiger partial charge in [0.1, 0.15) is 10.8 Å². The van der Waals surface area contributed by atoms with Crippen LogP contribution in [0.25, 0.3) is 0 Å². The summed E-state index contributed by atoms with van der Waals surface area (Å²) in [7, 11) is 0. The van der Waals surface area contributed by atoms with Crippen LogP contribution in [-0.2, 0) is 6.42 Å². The molecule has 0 aliphatic carbocycles. The zero-order valence-electron chi connectivity index (χ0n) is 10.9. The van der Waals surface area contributed by atoms with Crippen LogP contribution in [0, 0.1) is 18.7 Å². The molecule has 0 amide bonds. The number of anilines is 1. The van der Waals surface area contributed by atoms with Gasteiger partial charge in [-0.1, -0.05) is 29.0 Å². The average Bonchev–Trinajstić information content (AvgIpc) is 2.83. The molecule has 4 nitrogen and oxygen atoms in total. The lowest BCUT2D eigenvalue weighted by molar-refractivity contribution is 0.232. The first-order valence-electron chi connectivity index (χ1n) is 6.18. The predicted molar refractivity (Wildman–Crippen MR) is 78.8 cm³/mol. The summed E-state index contributed by atoms with van der Waals surface area (Å²) in [6.45, 7) is 2.29. The van der Waals surface area contributed by atoms with Gasteiger partial charge in [-0.15, -0.1) is 10.2 Å². The van der Waals surface area contributed by atoms with E-state index >= 15 is 0 Å². The van der Waals surface area contributed by atoms with Gasteiger partial charge in [-0.25, -0.2) is 4.39 Å². The monoisotopic (exact) mass is 315 g/mol. The number of hydrogen-bond donors (Lipinski definition) is 2. The SMILES string of the molecule is Cc1nnc(NC[C@@H](CO)Cc2c(F)cccc2Cl)s1. The summed E-state index contributed by atoms with van der Waals surface area (Å²) in [6.07, 6.45) is 0.368. The van der Waals surface area contributed by atoms with Gasteiger partial charge < -0.3 is 10.4 Å². The number of aliphatic hydroxyl groups is 1. The van der Waals surface area contributed by atoms with Crippen LogP contribution in [-0.4, -0.2) is 28.5 Å². The van der Waals surface area contributed by atoms with Crippen LogP contribution < -0.4 is 5.32 Å². The Morgan fingerprint density at radius 2 is 2.25 bits per heavy atom. The van der Waals surface area contributed by atoms with Crippen LogP contribution in [0.4, 0.5) is 9.52 Å². The summed E-state index contributed by atoms with van der Waals surface area (Å²) in [5.41, 5.74) is 0.434. The topological polar surface area (TPSA) is 58.0 Å². The van der Waals surface area contributed by atoms with Gasteiger partial charge in [0.25, 0.3) is 0 Å². The summed E-state index contributed by atoms with van der Waals surface area (Å²) >= 11 is 7.43. The Morgan fingerprint density at radius 1 is 1.45 bits per heavy atom. The van der Waals surface area contributed by atoms with Gasteiger partial charge in [-0.3, -0.25) is 0 Å². The molecular weight excluding hydrogens is 301 g/mol. The molecule has 0 aliphatic heterocycles. The molecule has 0 spiro atoms. The van der Waals surface area contributed by atoms with Crippen molar-refractivity contribution < 1.29 is 9.50 Å². The van der Waals surface area contributed by atoms with Gasteiger partial charge in [-0.05, 0) is 25.5 Å². The number of rotatable bonds is 6. The highest BCUT2D eigenvalue weighted by Gasteiger charge is 2.15. The minimum Gasteiger partial charge on any atom is -0.396 e. The molecule has 2 N–H and O–H groups in total. The third-order valence-electron chi connectivity index (χ3n) is 2.88. The molecule has 1 heterocycles. The smallest absolute Gasteiger partial charge is 0.205 e. The second kappa shape index (κ2) is 6.97. The van der Waals surface area contributed by atoms with E-state index in [4.69, 9.17) is 11.6 Å². The number of hydrogen-bond acceptors (Lipinski definition) is 5. The van der Waals surface area contributed by atoms with Crippen molar-refractivity contribution in [1.82, 2.24) is 10.2 Å². The number of aromatic nitrogens is 2. The lowest BCUT2D eigenvalue weighted by Crippen LogP contribution is -2.21. The summed E-state index contributed by atoms with van der Waals surface area (Å²) < 4.78 is 13.7. The fourth-order valence-electron chi connectivity index (χ4n) is 1.82. The molecule has 108 valence electrons. The fourth-order valence-corrected chi connectivity index (χ4v) is 2.66. The number of aryl methyl sites for hydroxylation is 1. The maximum absolute atomic E-state index is 13.7. The lowest BCUT2D eigenvalue weighted by atomic mass is 9.99. The first-order chi connectivity index (χ1) is 9.60. The zero-order chi connectivity index (χ0) is 14.5. The highest BCUT2D eigenvalue weighted by atomic mass is 35.5. The second-order valence-corrected chi connectivity index (χ2v) is 6.05. The van der Waals surface area contributed by atoms with Crippen molar-refractivity contribution in [1.29, 1.82) is 0 Å². The molecule has 0 saturated carbocycles. The molecule has 2 rings (SSSR count). The second-order valence-electron chi connectivity index (χ2n) is 4.46. The molecule has 0 radical (unpaired) electrons. The Bertz CT molecular complexity index is 558. The quantitative estimate of drug-likeness (QED) is 0.860. The predicted octanol–water partition coefficient (Wildman–Crippen LogP) is 2.90. The fraction of sp³-hybridized carbons (Fsp3) is 0.385. The molecule has 0 fully saturated rings. The molecule has 0 unspecified atom stereocenters. The lowest BCUT2D eigenvalue weighted by Gasteiger charge is -2.15. The third-order valence-corrected chi connectivity index (χ3v) is 4.03. The van der Waals surface area contributed by atoms with Crippen molar-refractivity contribution in [3.05, 3.63) is 39.6 Å². The molecular formula is C13H15ClFN3OS. The maximum Gasteiger partial charge on any atom is 0.205 e.